The first kappa shape index (κ1) is 21.5. The summed E-state index contributed by atoms with van der Waals surface area (Å²) in [5.41, 5.74) is 2.10. The minimum absolute atomic E-state index is 0.0533. The van der Waals surface area contributed by atoms with Crippen molar-refractivity contribution >= 4 is 54.6 Å². The molecule has 1 aliphatic rings. The molecule has 0 fully saturated rings. The Morgan fingerprint density at radius 1 is 1.23 bits per heavy atom. The molecule has 0 unspecified atom stereocenters. The van der Waals surface area contributed by atoms with Crippen molar-refractivity contribution in [3.63, 3.8) is 0 Å². The molecular formula is C20H15BrN2O6S2. The number of carbonyl (C=O) groups excluding carboxylic acids is 1. The van der Waals surface area contributed by atoms with Gasteiger partial charge in [-0.3, -0.25) is 14.4 Å². The normalized spacial score (nSPS) is 13.2. The number of nitrogens with zero attached hydrogens (tertiary/aromatic N) is 2. The summed E-state index contributed by atoms with van der Waals surface area (Å²) in [4.78, 5) is 23.4. The fourth-order valence-corrected chi connectivity index (χ4v) is 6.40. The first-order valence-electron chi connectivity index (χ1n) is 9.00. The number of anilines is 1. The van der Waals surface area contributed by atoms with Crippen LogP contribution in [0.5, 0.6) is 0 Å². The molecule has 160 valence electrons. The lowest BCUT2D eigenvalue weighted by molar-refractivity contribution is -0.384. The molecule has 1 aliphatic heterocycles. The third-order valence-corrected chi connectivity index (χ3v) is 8.44. The highest BCUT2D eigenvalue weighted by molar-refractivity contribution is 9.10. The molecule has 0 radical (unpaired) electrons. The highest BCUT2D eigenvalue weighted by Gasteiger charge is 2.32. The van der Waals surface area contributed by atoms with E-state index in [1.807, 2.05) is 11.4 Å². The molecule has 2 heterocycles. The molecule has 0 bridgehead atoms. The van der Waals surface area contributed by atoms with Gasteiger partial charge in [0.2, 0.25) is 0 Å². The molecule has 0 saturated carbocycles. The summed E-state index contributed by atoms with van der Waals surface area (Å²) < 4.78 is 33.5. The highest BCUT2D eigenvalue weighted by atomic mass is 79.9. The third kappa shape index (κ3) is 3.73. The third-order valence-electron chi connectivity index (χ3n) is 4.97. The molecule has 0 atom stereocenters. The molecule has 0 amide bonds. The van der Waals surface area contributed by atoms with Gasteiger partial charge in [-0.05, 0) is 63.6 Å². The van der Waals surface area contributed by atoms with Crippen LogP contribution in [0.3, 0.4) is 0 Å². The van der Waals surface area contributed by atoms with Crippen LogP contribution in [-0.2, 0) is 21.2 Å². The number of sulfonamides is 1. The SMILES string of the molecule is COC(=O)c1cc2c(cc1Br)N(S(=O)(=O)c1ccc([N+](=O)[O-])cc1)CCc1ccsc1-2. The number of ether oxygens (including phenoxy) is 1. The summed E-state index contributed by atoms with van der Waals surface area (Å²) in [7, 11) is -2.73. The highest BCUT2D eigenvalue weighted by Crippen LogP contribution is 2.44. The van der Waals surface area contributed by atoms with E-state index in [1.165, 1.54) is 47.0 Å². The molecule has 0 N–H and O–H groups in total. The average molecular weight is 523 g/mol. The van der Waals surface area contributed by atoms with Gasteiger partial charge in [-0.15, -0.1) is 11.3 Å². The number of carbonyl (C=O) groups is 1. The molecule has 0 spiro atoms. The van der Waals surface area contributed by atoms with Crippen molar-refractivity contribution in [3.8, 4) is 10.4 Å². The molecule has 2 aromatic carbocycles. The molecule has 0 saturated heterocycles. The topological polar surface area (TPSA) is 107 Å². The maximum Gasteiger partial charge on any atom is 0.339 e. The van der Waals surface area contributed by atoms with Gasteiger partial charge in [0.1, 0.15) is 0 Å². The second-order valence-corrected chi connectivity index (χ2v) is 10.3. The Hall–Kier alpha value is -2.76. The van der Waals surface area contributed by atoms with Gasteiger partial charge in [0.25, 0.3) is 15.7 Å². The Balaban J connectivity index is 1.89. The van der Waals surface area contributed by atoms with E-state index in [2.05, 4.69) is 15.9 Å². The monoisotopic (exact) mass is 522 g/mol. The van der Waals surface area contributed by atoms with Gasteiger partial charge in [0.05, 0.1) is 28.2 Å². The predicted octanol–water partition coefficient (Wildman–Crippen LogP) is 4.62. The lowest BCUT2D eigenvalue weighted by atomic mass is 10.0. The van der Waals surface area contributed by atoms with Crippen LogP contribution < -0.4 is 4.31 Å². The van der Waals surface area contributed by atoms with Gasteiger partial charge in [0.15, 0.2) is 0 Å². The number of thiophene rings is 1. The second kappa shape index (κ2) is 8.06. The predicted molar refractivity (Wildman–Crippen MR) is 120 cm³/mol. The zero-order chi connectivity index (χ0) is 22.3. The van der Waals surface area contributed by atoms with Crippen molar-refractivity contribution in [2.45, 2.75) is 11.3 Å². The van der Waals surface area contributed by atoms with Gasteiger partial charge in [-0.2, -0.15) is 0 Å². The summed E-state index contributed by atoms with van der Waals surface area (Å²) in [6.45, 7) is 0.181. The molecule has 11 heteroatoms. The maximum atomic E-state index is 13.5. The summed E-state index contributed by atoms with van der Waals surface area (Å²) in [6.07, 6.45) is 0.477. The van der Waals surface area contributed by atoms with Crippen LogP contribution >= 0.6 is 27.3 Å². The van der Waals surface area contributed by atoms with Crippen molar-refractivity contribution in [2.24, 2.45) is 0 Å². The number of non-ortho nitro benzene ring substituents is 1. The summed E-state index contributed by atoms with van der Waals surface area (Å²) >= 11 is 4.82. The smallest absolute Gasteiger partial charge is 0.339 e. The van der Waals surface area contributed by atoms with E-state index in [4.69, 9.17) is 4.74 Å². The number of nitro groups is 1. The van der Waals surface area contributed by atoms with E-state index in [9.17, 15) is 23.3 Å². The zero-order valence-electron chi connectivity index (χ0n) is 16.1. The van der Waals surface area contributed by atoms with E-state index < -0.39 is 20.9 Å². The van der Waals surface area contributed by atoms with Crippen LogP contribution in [0.1, 0.15) is 15.9 Å². The standard InChI is InChI=1S/C20H15BrN2O6S2/c1-29-20(24)15-10-16-18(11-17(15)21)22(8-6-12-7-9-30-19(12)16)31(27,28)14-4-2-13(3-5-14)23(25)26/h2-5,7,9-11H,6,8H2,1H3. The van der Waals surface area contributed by atoms with Crippen molar-refractivity contribution in [2.75, 3.05) is 18.0 Å². The number of fused-ring (bicyclic) bond motifs is 3. The minimum atomic E-state index is -4.01. The fourth-order valence-electron chi connectivity index (χ4n) is 3.45. The number of methoxy groups -OCH3 is 1. The molecule has 31 heavy (non-hydrogen) atoms. The van der Waals surface area contributed by atoms with Gasteiger partial charge >= 0.3 is 5.97 Å². The van der Waals surface area contributed by atoms with Gasteiger partial charge in [-0.25, -0.2) is 13.2 Å². The lowest BCUT2D eigenvalue weighted by Gasteiger charge is -2.25. The summed E-state index contributed by atoms with van der Waals surface area (Å²) in [5, 5.41) is 12.8. The number of hydrogen-bond donors (Lipinski definition) is 0. The Morgan fingerprint density at radius 2 is 1.94 bits per heavy atom. The van der Waals surface area contributed by atoms with E-state index >= 15 is 0 Å². The fraction of sp³-hybridized carbons (Fsp3) is 0.150. The van der Waals surface area contributed by atoms with Crippen LogP contribution in [0, 0.1) is 10.1 Å². The first-order valence-corrected chi connectivity index (χ1v) is 12.1. The van der Waals surface area contributed by atoms with E-state index in [0.29, 0.717) is 22.1 Å². The van der Waals surface area contributed by atoms with Crippen LogP contribution in [0.4, 0.5) is 11.4 Å². The largest absolute Gasteiger partial charge is 0.465 e. The van der Waals surface area contributed by atoms with Crippen molar-refractivity contribution in [3.05, 3.63) is 73.6 Å². The van der Waals surface area contributed by atoms with Crippen molar-refractivity contribution < 1.29 is 22.9 Å². The van der Waals surface area contributed by atoms with E-state index in [0.717, 1.165) is 10.4 Å². The molecule has 1 aromatic heterocycles. The maximum absolute atomic E-state index is 13.5. The number of nitro benzene ring substituents is 1. The number of esters is 1. The Labute approximate surface area is 190 Å². The molecule has 8 nitrogen and oxygen atoms in total. The van der Waals surface area contributed by atoms with Crippen molar-refractivity contribution in [1.82, 2.24) is 0 Å². The van der Waals surface area contributed by atoms with Gasteiger partial charge in [0, 0.05) is 33.6 Å². The molecule has 0 aliphatic carbocycles. The quantitative estimate of drug-likeness (QED) is 0.281. The van der Waals surface area contributed by atoms with Crippen LogP contribution in [0.15, 0.2) is 57.2 Å². The number of benzene rings is 2. The lowest BCUT2D eigenvalue weighted by Crippen LogP contribution is -2.32. The number of rotatable bonds is 4. The Morgan fingerprint density at radius 3 is 2.58 bits per heavy atom. The molecular weight excluding hydrogens is 508 g/mol. The van der Waals surface area contributed by atoms with Gasteiger partial charge in [-0.1, -0.05) is 0 Å². The average Bonchev–Trinajstić information content (AvgIpc) is 3.16. The number of halogens is 1. The van der Waals surface area contributed by atoms with Gasteiger partial charge < -0.3 is 4.74 Å². The van der Waals surface area contributed by atoms with Crippen LogP contribution in [-0.4, -0.2) is 33.0 Å². The Bertz CT molecular complexity index is 1300. The summed E-state index contributed by atoms with van der Waals surface area (Å²) in [5.74, 6) is -0.540. The van der Waals surface area contributed by atoms with Crippen molar-refractivity contribution in [1.29, 1.82) is 0 Å². The number of hydrogen-bond acceptors (Lipinski definition) is 7. The summed E-state index contributed by atoms with van der Waals surface area (Å²) in [6, 6.07) is 9.95. The van der Waals surface area contributed by atoms with Crippen LogP contribution in [0.25, 0.3) is 10.4 Å². The zero-order valence-corrected chi connectivity index (χ0v) is 19.3. The first-order chi connectivity index (χ1) is 14.7. The van der Waals surface area contributed by atoms with E-state index in [1.54, 1.807) is 12.1 Å². The minimum Gasteiger partial charge on any atom is -0.465 e. The molecule has 4 rings (SSSR count). The van der Waals surface area contributed by atoms with Crippen LogP contribution in [0.2, 0.25) is 0 Å². The Kier molecular flexibility index (Phi) is 5.58. The van der Waals surface area contributed by atoms with E-state index in [-0.39, 0.29) is 22.7 Å². The second-order valence-electron chi connectivity index (χ2n) is 6.69. The molecule has 3 aromatic rings.